The largest absolute Gasteiger partial charge is 0.268 e. The van der Waals surface area contributed by atoms with E-state index in [1.54, 1.807) is 0 Å². The second-order valence-corrected chi connectivity index (χ2v) is 4.90. The summed E-state index contributed by atoms with van der Waals surface area (Å²) in [5.74, 6) is 0. The topological polar surface area (TPSA) is 12.4 Å². The van der Waals surface area contributed by atoms with E-state index >= 15 is 0 Å². The normalized spacial score (nSPS) is 30.6. The van der Waals surface area contributed by atoms with Crippen LogP contribution in [0.2, 0.25) is 0 Å². The summed E-state index contributed by atoms with van der Waals surface area (Å²) < 4.78 is 0.971. The molecule has 0 radical (unpaired) electrons. The third kappa shape index (κ3) is 2.71. The molecule has 0 aromatic heterocycles. The van der Waals surface area contributed by atoms with E-state index < -0.39 is 0 Å². The van der Waals surface area contributed by atoms with Gasteiger partial charge in [-0.2, -0.15) is 0 Å². The molecule has 0 saturated carbocycles. The fraction of sp³-hybridized carbons (Fsp3) is 0.875. The van der Waals surface area contributed by atoms with Crippen LogP contribution in [0.4, 0.5) is 0 Å². The van der Waals surface area contributed by atoms with Gasteiger partial charge in [0, 0.05) is 5.25 Å². The van der Waals surface area contributed by atoms with Crippen molar-refractivity contribution >= 4 is 28.8 Å². The molecule has 0 N–H and O–H groups in total. The Hall–Kier alpha value is 0.370. The summed E-state index contributed by atoms with van der Waals surface area (Å²) >= 11 is 6.07. The minimum absolute atomic E-state index is 0.485. The lowest BCUT2D eigenvalue weighted by molar-refractivity contribution is 0.618. The van der Waals surface area contributed by atoms with Crippen LogP contribution in [-0.2, 0) is 0 Å². The molecule has 11 heavy (non-hydrogen) atoms. The van der Waals surface area contributed by atoms with E-state index in [0.29, 0.717) is 11.3 Å². The SMILES string of the molecule is CCCC[C@H]1SC(S)=NC1C. The molecule has 1 aliphatic heterocycles. The maximum atomic E-state index is 4.37. The van der Waals surface area contributed by atoms with Gasteiger partial charge in [-0.3, -0.25) is 4.99 Å². The first-order valence-electron chi connectivity index (χ1n) is 4.17. The highest BCUT2D eigenvalue weighted by molar-refractivity contribution is 8.33. The summed E-state index contributed by atoms with van der Waals surface area (Å²) in [5.41, 5.74) is 0. The number of hydrogen-bond donors (Lipinski definition) is 1. The molecule has 0 aromatic carbocycles. The predicted molar refractivity (Wildman–Crippen MR) is 56.8 cm³/mol. The van der Waals surface area contributed by atoms with Gasteiger partial charge in [-0.15, -0.1) is 12.6 Å². The van der Waals surface area contributed by atoms with Gasteiger partial charge in [-0.1, -0.05) is 31.5 Å². The van der Waals surface area contributed by atoms with E-state index in [-0.39, 0.29) is 0 Å². The Balaban J connectivity index is 2.28. The van der Waals surface area contributed by atoms with Crippen molar-refractivity contribution in [3.63, 3.8) is 0 Å². The lowest BCUT2D eigenvalue weighted by Gasteiger charge is -2.11. The van der Waals surface area contributed by atoms with Crippen LogP contribution in [0, 0.1) is 0 Å². The van der Waals surface area contributed by atoms with Crippen LogP contribution in [0.5, 0.6) is 0 Å². The highest BCUT2D eigenvalue weighted by atomic mass is 32.2. The van der Waals surface area contributed by atoms with Crippen molar-refractivity contribution in [2.24, 2.45) is 4.99 Å². The Labute approximate surface area is 78.5 Å². The number of unbranched alkanes of at least 4 members (excludes halogenated alkanes) is 1. The number of rotatable bonds is 3. The van der Waals surface area contributed by atoms with E-state index in [0.717, 1.165) is 4.38 Å². The van der Waals surface area contributed by atoms with E-state index in [2.05, 4.69) is 31.5 Å². The minimum atomic E-state index is 0.485. The zero-order valence-corrected chi connectivity index (χ0v) is 8.79. The number of thioether (sulfide) groups is 1. The maximum Gasteiger partial charge on any atom is 0.122 e. The first kappa shape index (κ1) is 9.46. The molecule has 1 aliphatic rings. The Morgan fingerprint density at radius 1 is 1.64 bits per heavy atom. The third-order valence-electron chi connectivity index (χ3n) is 1.95. The number of thiol groups is 1. The lowest BCUT2D eigenvalue weighted by Crippen LogP contribution is -2.12. The predicted octanol–water partition coefficient (Wildman–Crippen LogP) is 2.97. The standard InChI is InChI=1S/C8H15NS2/c1-3-4-5-7-6(2)9-8(10)11-7/h6-7H,3-5H2,1-2H3,(H,9,10)/t6?,7-/m1/s1. The molecule has 0 saturated heterocycles. The van der Waals surface area contributed by atoms with Crippen molar-refractivity contribution < 1.29 is 0 Å². The molecule has 0 aliphatic carbocycles. The average molecular weight is 189 g/mol. The first-order chi connectivity index (χ1) is 5.24. The molecule has 0 bridgehead atoms. The Kier molecular flexibility index (Phi) is 3.79. The van der Waals surface area contributed by atoms with Crippen LogP contribution in [0.3, 0.4) is 0 Å². The Bertz CT molecular complexity index is 156. The van der Waals surface area contributed by atoms with Gasteiger partial charge in [0.15, 0.2) is 0 Å². The number of nitrogens with zero attached hydrogens (tertiary/aromatic N) is 1. The lowest BCUT2D eigenvalue weighted by atomic mass is 10.1. The molecule has 0 spiro atoms. The van der Waals surface area contributed by atoms with Gasteiger partial charge in [-0.05, 0) is 13.3 Å². The second kappa shape index (κ2) is 4.41. The zero-order chi connectivity index (χ0) is 8.27. The fourth-order valence-corrected chi connectivity index (χ4v) is 2.86. The number of hydrogen-bond acceptors (Lipinski definition) is 2. The smallest absolute Gasteiger partial charge is 0.122 e. The quantitative estimate of drug-likeness (QED) is 0.673. The first-order valence-corrected chi connectivity index (χ1v) is 5.50. The average Bonchev–Trinajstić information content (AvgIpc) is 2.26. The van der Waals surface area contributed by atoms with Gasteiger partial charge in [0.2, 0.25) is 0 Å². The van der Waals surface area contributed by atoms with Gasteiger partial charge in [-0.25, -0.2) is 0 Å². The summed E-state index contributed by atoms with van der Waals surface area (Å²) in [7, 11) is 0. The van der Waals surface area contributed by atoms with E-state index in [9.17, 15) is 0 Å². The summed E-state index contributed by atoms with van der Waals surface area (Å²) in [6.07, 6.45) is 3.89. The molecule has 0 amide bonds. The van der Waals surface area contributed by atoms with Gasteiger partial charge >= 0.3 is 0 Å². The van der Waals surface area contributed by atoms with Crippen LogP contribution in [-0.4, -0.2) is 15.7 Å². The molecular formula is C8H15NS2. The van der Waals surface area contributed by atoms with Gasteiger partial charge in [0.05, 0.1) is 6.04 Å². The van der Waals surface area contributed by atoms with E-state index in [1.807, 2.05) is 11.8 Å². The monoisotopic (exact) mass is 189 g/mol. The molecule has 1 unspecified atom stereocenters. The highest BCUT2D eigenvalue weighted by Crippen LogP contribution is 2.31. The molecule has 0 aromatic rings. The van der Waals surface area contributed by atoms with Gasteiger partial charge in [0.1, 0.15) is 4.38 Å². The van der Waals surface area contributed by atoms with Crippen LogP contribution in [0.1, 0.15) is 33.1 Å². The summed E-state index contributed by atoms with van der Waals surface area (Å²) in [4.78, 5) is 4.37. The van der Waals surface area contributed by atoms with Crippen LogP contribution in [0.15, 0.2) is 4.99 Å². The molecule has 2 atom stereocenters. The Morgan fingerprint density at radius 3 is 2.82 bits per heavy atom. The fourth-order valence-electron chi connectivity index (χ4n) is 1.23. The highest BCUT2D eigenvalue weighted by Gasteiger charge is 2.23. The van der Waals surface area contributed by atoms with Crippen molar-refractivity contribution in [2.45, 2.75) is 44.4 Å². The molecule has 3 heteroatoms. The third-order valence-corrected chi connectivity index (χ3v) is 3.63. The molecule has 64 valence electrons. The van der Waals surface area contributed by atoms with Crippen LogP contribution < -0.4 is 0 Å². The van der Waals surface area contributed by atoms with Crippen LogP contribution >= 0.6 is 24.4 Å². The summed E-state index contributed by atoms with van der Waals surface area (Å²) in [5, 5.41) is 0.697. The van der Waals surface area contributed by atoms with Crippen molar-refractivity contribution in [1.82, 2.24) is 0 Å². The summed E-state index contributed by atoms with van der Waals surface area (Å²) in [6.45, 7) is 4.41. The van der Waals surface area contributed by atoms with Gasteiger partial charge < -0.3 is 0 Å². The van der Waals surface area contributed by atoms with Crippen molar-refractivity contribution in [3.05, 3.63) is 0 Å². The number of aliphatic imine (C=N–C) groups is 1. The molecule has 1 heterocycles. The summed E-state index contributed by atoms with van der Waals surface area (Å²) in [6, 6.07) is 0.485. The van der Waals surface area contributed by atoms with Crippen molar-refractivity contribution in [2.75, 3.05) is 0 Å². The van der Waals surface area contributed by atoms with E-state index in [4.69, 9.17) is 0 Å². The molecule has 0 fully saturated rings. The maximum absolute atomic E-state index is 4.37. The molecular weight excluding hydrogens is 174 g/mol. The Morgan fingerprint density at radius 2 is 2.36 bits per heavy atom. The van der Waals surface area contributed by atoms with E-state index in [1.165, 1.54) is 19.3 Å². The minimum Gasteiger partial charge on any atom is -0.268 e. The van der Waals surface area contributed by atoms with Crippen LogP contribution in [0.25, 0.3) is 0 Å². The molecule has 1 rings (SSSR count). The molecule has 1 nitrogen and oxygen atoms in total. The van der Waals surface area contributed by atoms with Gasteiger partial charge in [0.25, 0.3) is 0 Å². The van der Waals surface area contributed by atoms with Crippen molar-refractivity contribution in [1.29, 1.82) is 0 Å². The second-order valence-electron chi connectivity index (χ2n) is 2.95. The van der Waals surface area contributed by atoms with Crippen molar-refractivity contribution in [3.8, 4) is 0 Å². The zero-order valence-electron chi connectivity index (χ0n) is 7.08.